The van der Waals surface area contributed by atoms with Crippen molar-refractivity contribution < 1.29 is 9.18 Å². The normalized spacial score (nSPS) is 30.2. The van der Waals surface area contributed by atoms with E-state index in [0.29, 0.717) is 17.4 Å². The molecule has 19 heavy (non-hydrogen) atoms. The second-order valence-electron chi connectivity index (χ2n) is 5.92. The number of fused-ring (bicyclic) bond motifs is 2. The number of amides is 1. The van der Waals surface area contributed by atoms with Crippen LogP contribution in [-0.2, 0) is 0 Å². The van der Waals surface area contributed by atoms with E-state index in [1.54, 1.807) is 12.1 Å². The summed E-state index contributed by atoms with van der Waals surface area (Å²) in [6, 6.07) is 6.24. The van der Waals surface area contributed by atoms with Crippen LogP contribution in [0.25, 0.3) is 0 Å². The summed E-state index contributed by atoms with van der Waals surface area (Å²) in [4.78, 5) is 14.3. The van der Waals surface area contributed by atoms with Crippen molar-refractivity contribution in [1.29, 1.82) is 0 Å². The van der Waals surface area contributed by atoms with Gasteiger partial charge in [0.05, 0.1) is 0 Å². The molecule has 1 heterocycles. The molecule has 1 aromatic carbocycles. The second-order valence-corrected chi connectivity index (χ2v) is 5.92. The average molecular weight is 262 g/mol. The number of likely N-dealkylation sites (tertiary alicyclic amines) is 1. The van der Waals surface area contributed by atoms with Crippen LogP contribution in [0.5, 0.6) is 0 Å². The Morgan fingerprint density at radius 1 is 1.21 bits per heavy atom. The zero-order valence-electron chi connectivity index (χ0n) is 10.9. The van der Waals surface area contributed by atoms with Crippen molar-refractivity contribution in [2.45, 2.75) is 25.3 Å². The number of carbonyl (C=O) groups excluding carboxylic acids is 1. The van der Waals surface area contributed by atoms with Gasteiger partial charge in [0.1, 0.15) is 5.82 Å². The van der Waals surface area contributed by atoms with Gasteiger partial charge in [0, 0.05) is 24.7 Å². The first-order chi connectivity index (χ1) is 9.11. The number of carbonyl (C=O) groups is 1. The minimum absolute atomic E-state index is 0.0512. The number of nitrogens with zero attached hydrogens (tertiary/aromatic N) is 1. The maximum absolute atomic E-state index is 13.2. The van der Waals surface area contributed by atoms with Gasteiger partial charge < -0.3 is 10.6 Å². The van der Waals surface area contributed by atoms with Gasteiger partial charge in [0.2, 0.25) is 0 Å². The van der Waals surface area contributed by atoms with Gasteiger partial charge in [-0.1, -0.05) is 6.07 Å². The summed E-state index contributed by atoms with van der Waals surface area (Å²) in [5, 5.41) is 0. The van der Waals surface area contributed by atoms with Crippen molar-refractivity contribution in [3.63, 3.8) is 0 Å². The zero-order chi connectivity index (χ0) is 13.4. The monoisotopic (exact) mass is 262 g/mol. The van der Waals surface area contributed by atoms with Crippen LogP contribution in [-0.4, -0.2) is 29.9 Å². The van der Waals surface area contributed by atoms with Gasteiger partial charge in [-0.3, -0.25) is 4.79 Å². The number of rotatable bonds is 1. The molecule has 3 rings (SSSR count). The maximum Gasteiger partial charge on any atom is 0.253 e. The highest BCUT2D eigenvalue weighted by Gasteiger charge is 2.35. The van der Waals surface area contributed by atoms with Crippen LogP contribution in [0, 0.1) is 17.7 Å². The third kappa shape index (κ3) is 2.63. The lowest BCUT2D eigenvalue weighted by Gasteiger charge is -2.43. The Bertz CT molecular complexity index is 473. The van der Waals surface area contributed by atoms with E-state index in [9.17, 15) is 9.18 Å². The van der Waals surface area contributed by atoms with E-state index in [0.717, 1.165) is 25.9 Å². The van der Waals surface area contributed by atoms with E-state index in [-0.39, 0.29) is 17.8 Å². The molecule has 0 spiro atoms. The molecule has 2 bridgehead atoms. The molecule has 1 saturated heterocycles. The lowest BCUT2D eigenvalue weighted by molar-refractivity contribution is 0.0475. The van der Waals surface area contributed by atoms with Gasteiger partial charge in [-0.05, 0) is 49.3 Å². The Balaban J connectivity index is 1.75. The van der Waals surface area contributed by atoms with Crippen molar-refractivity contribution in [2.75, 3.05) is 13.1 Å². The van der Waals surface area contributed by atoms with Crippen molar-refractivity contribution in [1.82, 2.24) is 4.90 Å². The largest absolute Gasteiger partial charge is 0.338 e. The Labute approximate surface area is 112 Å². The van der Waals surface area contributed by atoms with Crippen LogP contribution < -0.4 is 5.73 Å². The molecule has 1 aliphatic heterocycles. The maximum atomic E-state index is 13.2. The fourth-order valence-electron chi connectivity index (χ4n) is 3.58. The van der Waals surface area contributed by atoms with E-state index in [1.807, 2.05) is 4.90 Å². The molecule has 0 radical (unpaired) electrons. The van der Waals surface area contributed by atoms with Crippen molar-refractivity contribution in [3.8, 4) is 0 Å². The van der Waals surface area contributed by atoms with Crippen LogP contribution in [0.1, 0.15) is 29.6 Å². The van der Waals surface area contributed by atoms with E-state index in [1.165, 1.54) is 18.6 Å². The smallest absolute Gasteiger partial charge is 0.253 e. The number of halogens is 1. The van der Waals surface area contributed by atoms with E-state index >= 15 is 0 Å². The van der Waals surface area contributed by atoms with Crippen LogP contribution in [0.2, 0.25) is 0 Å². The summed E-state index contributed by atoms with van der Waals surface area (Å²) in [5.74, 6) is 0.620. The van der Waals surface area contributed by atoms with Crippen LogP contribution in [0.15, 0.2) is 24.3 Å². The minimum atomic E-state index is -0.356. The summed E-state index contributed by atoms with van der Waals surface area (Å²) >= 11 is 0. The Morgan fingerprint density at radius 2 is 1.89 bits per heavy atom. The molecule has 2 unspecified atom stereocenters. The predicted molar refractivity (Wildman–Crippen MR) is 71.1 cm³/mol. The molecule has 1 amide bonds. The van der Waals surface area contributed by atoms with Crippen molar-refractivity contribution in [3.05, 3.63) is 35.6 Å². The fraction of sp³-hybridized carbons (Fsp3) is 0.533. The first kappa shape index (κ1) is 12.6. The molecule has 1 saturated carbocycles. The third-order valence-corrected chi connectivity index (χ3v) is 4.25. The Morgan fingerprint density at radius 3 is 2.53 bits per heavy atom. The van der Waals surface area contributed by atoms with E-state index < -0.39 is 0 Å². The first-order valence-corrected chi connectivity index (χ1v) is 6.92. The quantitative estimate of drug-likeness (QED) is 0.841. The predicted octanol–water partition coefficient (Wildman–Crippen LogP) is 2.03. The fourth-order valence-corrected chi connectivity index (χ4v) is 3.58. The topological polar surface area (TPSA) is 46.3 Å². The summed E-state index contributed by atoms with van der Waals surface area (Å²) < 4.78 is 13.2. The number of hydrogen-bond donors (Lipinski definition) is 1. The molecule has 0 aromatic heterocycles. The Kier molecular flexibility index (Phi) is 3.27. The average Bonchev–Trinajstić information content (AvgIpc) is 2.36. The van der Waals surface area contributed by atoms with Crippen LogP contribution in [0.3, 0.4) is 0 Å². The van der Waals surface area contributed by atoms with Crippen molar-refractivity contribution >= 4 is 5.91 Å². The molecule has 4 heteroatoms. The molecule has 2 N–H and O–H groups in total. The van der Waals surface area contributed by atoms with Gasteiger partial charge >= 0.3 is 0 Å². The van der Waals surface area contributed by atoms with Crippen LogP contribution in [0.4, 0.5) is 4.39 Å². The van der Waals surface area contributed by atoms with E-state index in [2.05, 4.69) is 0 Å². The second kappa shape index (κ2) is 4.93. The SMILES string of the molecule is NC1CC2CC(C1)CN(C(=O)c1cccc(F)c1)C2. The number of hydrogen-bond acceptors (Lipinski definition) is 2. The molecule has 2 aliphatic rings. The van der Waals surface area contributed by atoms with Crippen molar-refractivity contribution in [2.24, 2.45) is 17.6 Å². The lowest BCUT2D eigenvalue weighted by Crippen LogP contribution is -2.49. The van der Waals surface area contributed by atoms with Gasteiger partial charge in [-0.2, -0.15) is 0 Å². The van der Waals surface area contributed by atoms with Crippen LogP contribution >= 0.6 is 0 Å². The molecule has 3 nitrogen and oxygen atoms in total. The lowest BCUT2D eigenvalue weighted by atomic mass is 9.75. The highest BCUT2D eigenvalue weighted by Crippen LogP contribution is 2.34. The standard InChI is InChI=1S/C15H19FN2O/c16-13-3-1-2-12(7-13)15(19)18-8-10-4-11(9-18)6-14(17)5-10/h1-3,7,10-11,14H,4-6,8-9,17H2. The zero-order valence-corrected chi connectivity index (χ0v) is 10.9. The first-order valence-electron chi connectivity index (χ1n) is 6.92. The van der Waals surface area contributed by atoms with E-state index in [4.69, 9.17) is 5.73 Å². The number of nitrogens with two attached hydrogens (primary N) is 1. The molecule has 1 aromatic rings. The highest BCUT2D eigenvalue weighted by atomic mass is 19.1. The van der Waals surface area contributed by atoms with Gasteiger partial charge in [0.25, 0.3) is 5.91 Å². The highest BCUT2D eigenvalue weighted by molar-refractivity contribution is 5.94. The molecule has 102 valence electrons. The van der Waals surface area contributed by atoms with Gasteiger partial charge in [-0.15, -0.1) is 0 Å². The summed E-state index contributed by atoms with van der Waals surface area (Å²) in [6.07, 6.45) is 3.19. The molecular formula is C15H19FN2O. The summed E-state index contributed by atoms with van der Waals surface area (Å²) in [5.41, 5.74) is 6.47. The molecule has 1 aliphatic carbocycles. The Hall–Kier alpha value is -1.42. The molecule has 2 atom stereocenters. The number of piperidine rings is 1. The minimum Gasteiger partial charge on any atom is -0.338 e. The van der Waals surface area contributed by atoms with Gasteiger partial charge in [0.15, 0.2) is 0 Å². The summed E-state index contributed by atoms with van der Waals surface area (Å²) in [6.45, 7) is 1.53. The summed E-state index contributed by atoms with van der Waals surface area (Å²) in [7, 11) is 0. The molecule has 2 fully saturated rings. The van der Waals surface area contributed by atoms with Gasteiger partial charge in [-0.25, -0.2) is 4.39 Å². The number of benzene rings is 1. The molecular weight excluding hydrogens is 243 g/mol. The third-order valence-electron chi connectivity index (χ3n) is 4.25.